The second-order valence-electron chi connectivity index (χ2n) is 9.33. The first kappa shape index (κ1) is 18.9. The van der Waals surface area contributed by atoms with Gasteiger partial charge >= 0.3 is 0 Å². The molecule has 3 unspecified atom stereocenters. The van der Waals surface area contributed by atoms with Gasteiger partial charge in [0.25, 0.3) is 0 Å². The molecule has 2 N–H and O–H groups in total. The minimum atomic E-state index is -0.201. The van der Waals surface area contributed by atoms with Crippen molar-refractivity contribution in [3.05, 3.63) is 35.4 Å². The summed E-state index contributed by atoms with van der Waals surface area (Å²) in [5, 5.41) is 0. The van der Waals surface area contributed by atoms with E-state index in [2.05, 4.69) is 60.8 Å². The first-order valence-corrected chi connectivity index (χ1v) is 10.3. The average Bonchev–Trinajstić information content (AvgIpc) is 3.08. The van der Waals surface area contributed by atoms with Crippen molar-refractivity contribution in [2.75, 3.05) is 26.2 Å². The van der Waals surface area contributed by atoms with Crippen LogP contribution >= 0.6 is 0 Å². The number of carbonyl (C=O) groups is 1. The zero-order chi connectivity index (χ0) is 19.1. The first-order valence-electron chi connectivity index (χ1n) is 10.3. The van der Waals surface area contributed by atoms with Crippen LogP contribution in [0.5, 0.6) is 0 Å². The fraction of sp³-hybridized carbons (Fsp3) is 0.682. The number of nitrogens with one attached hydrogen (secondary N) is 2. The summed E-state index contributed by atoms with van der Waals surface area (Å²) < 4.78 is 6.02. The van der Waals surface area contributed by atoms with Gasteiger partial charge < -0.3 is 9.64 Å². The monoisotopic (exact) mass is 371 g/mol. The van der Waals surface area contributed by atoms with Crippen molar-refractivity contribution < 1.29 is 9.53 Å². The maximum absolute atomic E-state index is 13.4. The molecule has 3 aliphatic heterocycles. The lowest BCUT2D eigenvalue weighted by atomic mass is 9.66. The van der Waals surface area contributed by atoms with Crippen LogP contribution in [0.3, 0.4) is 0 Å². The summed E-state index contributed by atoms with van der Waals surface area (Å²) in [6.45, 7) is 9.89. The molecule has 148 valence electrons. The number of benzene rings is 1. The van der Waals surface area contributed by atoms with E-state index in [4.69, 9.17) is 4.74 Å². The van der Waals surface area contributed by atoms with Crippen molar-refractivity contribution in [3.8, 4) is 0 Å². The molecule has 0 aliphatic carbocycles. The van der Waals surface area contributed by atoms with Crippen LogP contribution in [-0.4, -0.2) is 48.7 Å². The molecule has 3 aliphatic rings. The standard InChI is InChI=1S/C22H33N3O2/c1-16-6-4-5-7-18(16)22(9-11-27-21(2,3)15-22)12-20(26)25-10-8-19-17(14-25)13-23-24-19/h4-7,17,19,23-24H,8-15H2,1-3H3. The van der Waals surface area contributed by atoms with Gasteiger partial charge in [-0.15, -0.1) is 0 Å². The highest BCUT2D eigenvalue weighted by Crippen LogP contribution is 2.45. The van der Waals surface area contributed by atoms with E-state index in [1.165, 1.54) is 11.1 Å². The third-order valence-corrected chi connectivity index (χ3v) is 6.78. The van der Waals surface area contributed by atoms with Gasteiger partial charge in [-0.05, 0) is 51.2 Å². The Labute approximate surface area is 162 Å². The number of aryl methyl sites for hydroxylation is 1. The highest BCUT2D eigenvalue weighted by Gasteiger charge is 2.45. The number of hydrogen-bond acceptors (Lipinski definition) is 4. The number of ether oxygens (including phenoxy) is 1. The molecule has 5 heteroatoms. The summed E-state index contributed by atoms with van der Waals surface area (Å²) >= 11 is 0. The molecule has 0 radical (unpaired) electrons. The maximum atomic E-state index is 13.4. The molecule has 4 rings (SSSR count). The van der Waals surface area contributed by atoms with Gasteiger partial charge in [0.2, 0.25) is 5.91 Å². The van der Waals surface area contributed by atoms with E-state index in [1.807, 2.05) is 0 Å². The fourth-order valence-electron chi connectivity index (χ4n) is 5.50. The molecular weight excluding hydrogens is 338 g/mol. The lowest BCUT2D eigenvalue weighted by Gasteiger charge is -2.46. The Bertz CT molecular complexity index is 705. The molecule has 1 aromatic rings. The number of carbonyl (C=O) groups excluding carboxylic acids is 1. The first-order chi connectivity index (χ1) is 12.9. The molecule has 3 fully saturated rings. The second kappa shape index (κ2) is 7.19. The third kappa shape index (κ3) is 3.78. The molecule has 1 aromatic carbocycles. The molecule has 3 heterocycles. The van der Waals surface area contributed by atoms with E-state index >= 15 is 0 Å². The van der Waals surface area contributed by atoms with Crippen molar-refractivity contribution in [1.82, 2.24) is 15.8 Å². The van der Waals surface area contributed by atoms with Crippen molar-refractivity contribution in [2.24, 2.45) is 5.92 Å². The molecule has 0 saturated carbocycles. The maximum Gasteiger partial charge on any atom is 0.223 e. The topological polar surface area (TPSA) is 53.6 Å². The van der Waals surface area contributed by atoms with Gasteiger partial charge in [-0.1, -0.05) is 24.3 Å². The predicted octanol–water partition coefficient (Wildman–Crippen LogP) is 2.54. The van der Waals surface area contributed by atoms with E-state index < -0.39 is 0 Å². The smallest absolute Gasteiger partial charge is 0.223 e. The molecule has 3 atom stereocenters. The summed E-state index contributed by atoms with van der Waals surface area (Å²) in [5.74, 6) is 0.838. The lowest BCUT2D eigenvalue weighted by molar-refractivity contribution is -0.138. The number of piperidine rings is 1. The molecule has 27 heavy (non-hydrogen) atoms. The van der Waals surface area contributed by atoms with Gasteiger partial charge in [0, 0.05) is 50.0 Å². The molecule has 0 spiro atoms. The minimum absolute atomic E-state index is 0.132. The Kier molecular flexibility index (Phi) is 5.04. The van der Waals surface area contributed by atoms with Crippen LogP contribution < -0.4 is 10.9 Å². The Morgan fingerprint density at radius 2 is 2.15 bits per heavy atom. The predicted molar refractivity (Wildman–Crippen MR) is 106 cm³/mol. The normalized spacial score (nSPS) is 32.9. The molecular formula is C22H33N3O2. The van der Waals surface area contributed by atoms with E-state index in [0.29, 0.717) is 30.9 Å². The Balaban J connectivity index is 1.58. The van der Waals surface area contributed by atoms with Crippen LogP contribution in [0, 0.1) is 12.8 Å². The SMILES string of the molecule is Cc1ccccc1C1(CC(=O)N2CCC3NNCC3C2)CCOC(C)(C)C1. The number of amides is 1. The summed E-state index contributed by atoms with van der Waals surface area (Å²) in [4.78, 5) is 15.5. The van der Waals surface area contributed by atoms with Crippen LogP contribution in [0.2, 0.25) is 0 Å². The van der Waals surface area contributed by atoms with E-state index in [0.717, 1.165) is 38.9 Å². The number of hydrogen-bond donors (Lipinski definition) is 2. The fourth-order valence-corrected chi connectivity index (χ4v) is 5.50. The number of rotatable bonds is 3. The van der Waals surface area contributed by atoms with Crippen LogP contribution in [0.15, 0.2) is 24.3 Å². The third-order valence-electron chi connectivity index (χ3n) is 6.78. The molecule has 5 nitrogen and oxygen atoms in total. The van der Waals surface area contributed by atoms with Crippen molar-refractivity contribution in [1.29, 1.82) is 0 Å². The largest absolute Gasteiger partial charge is 0.376 e. The Morgan fingerprint density at radius 1 is 1.33 bits per heavy atom. The van der Waals surface area contributed by atoms with Crippen LogP contribution in [-0.2, 0) is 14.9 Å². The van der Waals surface area contributed by atoms with Crippen LogP contribution in [0.1, 0.15) is 50.7 Å². The van der Waals surface area contributed by atoms with Crippen LogP contribution in [0.25, 0.3) is 0 Å². The van der Waals surface area contributed by atoms with Gasteiger partial charge in [0.15, 0.2) is 0 Å². The van der Waals surface area contributed by atoms with Crippen molar-refractivity contribution in [3.63, 3.8) is 0 Å². The highest BCUT2D eigenvalue weighted by molar-refractivity contribution is 5.78. The summed E-state index contributed by atoms with van der Waals surface area (Å²) in [7, 11) is 0. The number of hydrazine groups is 1. The highest BCUT2D eigenvalue weighted by atomic mass is 16.5. The summed E-state index contributed by atoms with van der Waals surface area (Å²) in [6.07, 6.45) is 3.42. The number of nitrogens with zero attached hydrogens (tertiary/aromatic N) is 1. The molecule has 3 saturated heterocycles. The van der Waals surface area contributed by atoms with E-state index in [1.54, 1.807) is 0 Å². The zero-order valence-electron chi connectivity index (χ0n) is 16.9. The average molecular weight is 372 g/mol. The number of likely N-dealkylation sites (tertiary alicyclic amines) is 1. The molecule has 1 amide bonds. The van der Waals surface area contributed by atoms with Crippen molar-refractivity contribution in [2.45, 2.75) is 63.5 Å². The summed E-state index contributed by atoms with van der Waals surface area (Å²) in [5.41, 5.74) is 8.88. The quantitative estimate of drug-likeness (QED) is 0.857. The van der Waals surface area contributed by atoms with Gasteiger partial charge in [-0.2, -0.15) is 0 Å². The molecule has 0 bridgehead atoms. The second-order valence-corrected chi connectivity index (χ2v) is 9.33. The lowest BCUT2D eigenvalue weighted by Crippen LogP contribution is -2.51. The summed E-state index contributed by atoms with van der Waals surface area (Å²) in [6, 6.07) is 9.11. The van der Waals surface area contributed by atoms with Gasteiger partial charge in [0.05, 0.1) is 5.60 Å². The Hall–Kier alpha value is -1.43. The molecule has 0 aromatic heterocycles. The van der Waals surface area contributed by atoms with Crippen molar-refractivity contribution >= 4 is 5.91 Å². The van der Waals surface area contributed by atoms with E-state index in [-0.39, 0.29) is 11.0 Å². The number of fused-ring (bicyclic) bond motifs is 1. The van der Waals surface area contributed by atoms with E-state index in [9.17, 15) is 4.79 Å². The van der Waals surface area contributed by atoms with Gasteiger partial charge in [-0.25, -0.2) is 0 Å². The van der Waals surface area contributed by atoms with Crippen LogP contribution in [0.4, 0.5) is 0 Å². The zero-order valence-corrected chi connectivity index (χ0v) is 16.9. The Morgan fingerprint density at radius 3 is 2.93 bits per heavy atom. The minimum Gasteiger partial charge on any atom is -0.376 e. The van der Waals surface area contributed by atoms with Gasteiger partial charge in [0.1, 0.15) is 0 Å². The van der Waals surface area contributed by atoms with Gasteiger partial charge in [-0.3, -0.25) is 15.6 Å².